The van der Waals surface area contributed by atoms with E-state index < -0.39 is 0 Å². The van der Waals surface area contributed by atoms with Crippen LogP contribution in [0.25, 0.3) is 11.4 Å². The van der Waals surface area contributed by atoms with Crippen molar-refractivity contribution in [3.05, 3.63) is 53.6 Å². The molecule has 2 aromatic heterocycles. The van der Waals surface area contributed by atoms with Gasteiger partial charge in [0.05, 0.1) is 17.6 Å². The quantitative estimate of drug-likeness (QED) is 0.727. The number of anilines is 2. The number of benzene rings is 1. The van der Waals surface area contributed by atoms with E-state index in [0.29, 0.717) is 11.5 Å². The molecule has 0 aliphatic rings. The van der Waals surface area contributed by atoms with Crippen LogP contribution >= 0.6 is 0 Å². The Morgan fingerprint density at radius 2 is 1.89 bits per heavy atom. The van der Waals surface area contributed by atoms with E-state index in [2.05, 4.69) is 38.7 Å². The molecule has 0 radical (unpaired) electrons. The highest BCUT2D eigenvalue weighted by Crippen LogP contribution is 2.25. The first-order valence-electron chi connectivity index (χ1n) is 9.24. The van der Waals surface area contributed by atoms with Crippen molar-refractivity contribution < 1.29 is 4.79 Å². The summed E-state index contributed by atoms with van der Waals surface area (Å²) in [6.45, 7) is 8.19. The van der Waals surface area contributed by atoms with Gasteiger partial charge in [-0.3, -0.25) is 4.79 Å². The molecule has 0 saturated carbocycles. The van der Waals surface area contributed by atoms with E-state index in [4.69, 9.17) is 0 Å². The molecule has 1 amide bonds. The standard InChI is InChI=1S/C21H26N6O/c1-13(2)27-15(4)23-12-19(27)18-9-10-22-21(25-18)24-17-8-7-16(11-14(17)3)20(28)26(5)6/h7-13H,1-6H3,(H,22,24,25). The number of carbonyl (C=O) groups is 1. The molecule has 146 valence electrons. The smallest absolute Gasteiger partial charge is 0.253 e. The SMILES string of the molecule is Cc1cc(C(=O)N(C)C)ccc1Nc1nccc(-c2cnc(C)n2C(C)C)n1. The minimum absolute atomic E-state index is 0.0229. The first kappa shape index (κ1) is 19.5. The lowest BCUT2D eigenvalue weighted by molar-refractivity contribution is 0.0827. The Morgan fingerprint density at radius 1 is 1.14 bits per heavy atom. The lowest BCUT2D eigenvalue weighted by Crippen LogP contribution is -2.21. The van der Waals surface area contributed by atoms with Crippen LogP contribution in [-0.4, -0.2) is 44.4 Å². The first-order valence-corrected chi connectivity index (χ1v) is 9.24. The van der Waals surface area contributed by atoms with Crippen LogP contribution in [0, 0.1) is 13.8 Å². The summed E-state index contributed by atoms with van der Waals surface area (Å²) in [5, 5.41) is 3.26. The van der Waals surface area contributed by atoms with Crippen LogP contribution in [0.5, 0.6) is 0 Å². The van der Waals surface area contributed by atoms with Gasteiger partial charge in [0.1, 0.15) is 5.82 Å². The van der Waals surface area contributed by atoms with Gasteiger partial charge in [-0.2, -0.15) is 0 Å². The number of hydrogen-bond acceptors (Lipinski definition) is 5. The Morgan fingerprint density at radius 3 is 2.54 bits per heavy atom. The summed E-state index contributed by atoms with van der Waals surface area (Å²) in [4.78, 5) is 27.1. The van der Waals surface area contributed by atoms with Gasteiger partial charge in [-0.25, -0.2) is 15.0 Å². The van der Waals surface area contributed by atoms with Crippen LogP contribution in [0.15, 0.2) is 36.7 Å². The topological polar surface area (TPSA) is 75.9 Å². The van der Waals surface area contributed by atoms with Gasteiger partial charge in [-0.1, -0.05) is 0 Å². The van der Waals surface area contributed by atoms with E-state index >= 15 is 0 Å². The Bertz CT molecular complexity index is 1010. The molecule has 3 aromatic rings. The van der Waals surface area contributed by atoms with E-state index in [1.54, 1.807) is 31.3 Å². The molecule has 3 rings (SSSR count). The zero-order valence-corrected chi connectivity index (χ0v) is 17.2. The van der Waals surface area contributed by atoms with Gasteiger partial charge in [-0.15, -0.1) is 0 Å². The van der Waals surface area contributed by atoms with Crippen molar-refractivity contribution in [2.45, 2.75) is 33.7 Å². The molecule has 28 heavy (non-hydrogen) atoms. The average molecular weight is 378 g/mol. The summed E-state index contributed by atoms with van der Waals surface area (Å²) >= 11 is 0. The second-order valence-electron chi connectivity index (χ2n) is 7.27. The third-order valence-corrected chi connectivity index (χ3v) is 4.54. The van der Waals surface area contributed by atoms with Gasteiger partial charge in [0.15, 0.2) is 0 Å². The number of carbonyl (C=O) groups excluding carboxylic acids is 1. The highest BCUT2D eigenvalue weighted by atomic mass is 16.2. The number of aromatic nitrogens is 4. The third-order valence-electron chi connectivity index (χ3n) is 4.54. The number of amides is 1. The zero-order valence-electron chi connectivity index (χ0n) is 17.2. The Kier molecular flexibility index (Phi) is 5.44. The molecule has 0 bridgehead atoms. The van der Waals surface area contributed by atoms with Crippen molar-refractivity contribution in [3.63, 3.8) is 0 Å². The van der Waals surface area contributed by atoms with Gasteiger partial charge >= 0.3 is 0 Å². The molecule has 0 aliphatic carbocycles. The molecule has 0 fully saturated rings. The minimum Gasteiger partial charge on any atom is -0.345 e. The predicted molar refractivity (Wildman–Crippen MR) is 111 cm³/mol. The van der Waals surface area contributed by atoms with E-state index in [1.165, 1.54) is 0 Å². The third kappa shape index (κ3) is 3.88. The van der Waals surface area contributed by atoms with Crippen molar-refractivity contribution >= 4 is 17.5 Å². The van der Waals surface area contributed by atoms with Crippen LogP contribution in [0.1, 0.15) is 41.6 Å². The molecule has 0 unspecified atom stereocenters. The summed E-state index contributed by atoms with van der Waals surface area (Å²) in [5.41, 5.74) is 4.23. The van der Waals surface area contributed by atoms with E-state index in [1.807, 2.05) is 38.2 Å². The molecule has 0 aliphatic heterocycles. The molecule has 0 spiro atoms. The van der Waals surface area contributed by atoms with Crippen LogP contribution in [0.2, 0.25) is 0 Å². The number of hydrogen-bond donors (Lipinski definition) is 1. The number of imidazole rings is 1. The maximum absolute atomic E-state index is 12.1. The maximum Gasteiger partial charge on any atom is 0.253 e. The fourth-order valence-electron chi connectivity index (χ4n) is 3.17. The lowest BCUT2D eigenvalue weighted by Gasteiger charge is -2.15. The van der Waals surface area contributed by atoms with Gasteiger partial charge in [0.2, 0.25) is 5.95 Å². The normalized spacial score (nSPS) is 11.0. The highest BCUT2D eigenvalue weighted by molar-refractivity contribution is 5.94. The summed E-state index contributed by atoms with van der Waals surface area (Å²) in [5.74, 6) is 1.43. The second kappa shape index (κ2) is 7.80. The van der Waals surface area contributed by atoms with Gasteiger partial charge in [-0.05, 0) is 57.5 Å². The van der Waals surface area contributed by atoms with E-state index in [0.717, 1.165) is 28.5 Å². The van der Waals surface area contributed by atoms with Crippen molar-refractivity contribution in [2.75, 3.05) is 19.4 Å². The summed E-state index contributed by atoms with van der Waals surface area (Å²) in [6.07, 6.45) is 3.57. The molecular formula is C21H26N6O. The van der Waals surface area contributed by atoms with Crippen LogP contribution in [0.4, 0.5) is 11.6 Å². The first-order chi connectivity index (χ1) is 13.3. The van der Waals surface area contributed by atoms with Crippen LogP contribution in [-0.2, 0) is 0 Å². The van der Waals surface area contributed by atoms with Crippen molar-refractivity contribution in [1.82, 2.24) is 24.4 Å². The van der Waals surface area contributed by atoms with Gasteiger partial charge in [0, 0.05) is 37.6 Å². The minimum atomic E-state index is -0.0229. The fourth-order valence-corrected chi connectivity index (χ4v) is 3.17. The molecule has 2 heterocycles. The van der Waals surface area contributed by atoms with Crippen molar-refractivity contribution in [3.8, 4) is 11.4 Å². The summed E-state index contributed by atoms with van der Waals surface area (Å²) in [6, 6.07) is 7.72. The Labute approximate surface area is 165 Å². The summed E-state index contributed by atoms with van der Waals surface area (Å²) in [7, 11) is 3.49. The fraction of sp³-hybridized carbons (Fsp3) is 0.333. The average Bonchev–Trinajstić information content (AvgIpc) is 3.04. The van der Waals surface area contributed by atoms with Crippen molar-refractivity contribution in [2.24, 2.45) is 0 Å². The second-order valence-corrected chi connectivity index (χ2v) is 7.27. The number of aryl methyl sites for hydroxylation is 2. The maximum atomic E-state index is 12.1. The lowest BCUT2D eigenvalue weighted by atomic mass is 10.1. The number of nitrogens with one attached hydrogen (secondary N) is 1. The molecule has 1 aromatic carbocycles. The Balaban J connectivity index is 1.89. The van der Waals surface area contributed by atoms with Crippen molar-refractivity contribution in [1.29, 1.82) is 0 Å². The van der Waals surface area contributed by atoms with E-state index in [-0.39, 0.29) is 11.9 Å². The molecular weight excluding hydrogens is 352 g/mol. The molecule has 7 heteroatoms. The summed E-state index contributed by atoms with van der Waals surface area (Å²) < 4.78 is 2.15. The Hall–Kier alpha value is -3.22. The molecule has 0 saturated heterocycles. The molecule has 1 N–H and O–H groups in total. The van der Waals surface area contributed by atoms with Gasteiger partial charge in [0.25, 0.3) is 5.91 Å². The molecule has 0 atom stereocenters. The zero-order chi connectivity index (χ0) is 20.4. The van der Waals surface area contributed by atoms with E-state index in [9.17, 15) is 4.79 Å². The monoisotopic (exact) mass is 378 g/mol. The van der Waals surface area contributed by atoms with Gasteiger partial charge < -0.3 is 14.8 Å². The number of nitrogens with zero attached hydrogens (tertiary/aromatic N) is 5. The van der Waals surface area contributed by atoms with Crippen LogP contribution < -0.4 is 5.32 Å². The highest BCUT2D eigenvalue weighted by Gasteiger charge is 2.14. The predicted octanol–water partition coefficient (Wildman–Crippen LogP) is 3.98. The van der Waals surface area contributed by atoms with Crippen LogP contribution in [0.3, 0.4) is 0 Å². The number of rotatable bonds is 5. The molecule has 7 nitrogen and oxygen atoms in total. The largest absolute Gasteiger partial charge is 0.345 e.